The summed E-state index contributed by atoms with van der Waals surface area (Å²) in [6.45, 7) is 0.174. The van der Waals surface area contributed by atoms with Crippen LogP contribution in [0.1, 0.15) is 5.89 Å². The van der Waals surface area contributed by atoms with Crippen LogP contribution in [0, 0.1) is 5.82 Å². The molecule has 1 heterocycles. The van der Waals surface area contributed by atoms with E-state index in [2.05, 4.69) is 15.5 Å². The maximum atomic E-state index is 13.7. The molecule has 0 aliphatic carbocycles. The lowest BCUT2D eigenvalue weighted by molar-refractivity contribution is -0.123. The molecule has 8 heteroatoms. The Labute approximate surface area is 153 Å². The van der Waals surface area contributed by atoms with E-state index in [0.29, 0.717) is 29.6 Å². The van der Waals surface area contributed by atoms with Crippen LogP contribution in [0.2, 0.25) is 5.02 Å². The SMILES string of the molecule is O=C(COc1ccc(Cl)cc1)NCCc1nc(-c2ccccc2F)no1. The molecule has 0 aliphatic rings. The van der Waals surface area contributed by atoms with E-state index < -0.39 is 5.82 Å². The molecule has 3 rings (SSSR count). The van der Waals surface area contributed by atoms with Crippen LogP contribution >= 0.6 is 11.6 Å². The minimum atomic E-state index is -0.424. The lowest BCUT2D eigenvalue weighted by Crippen LogP contribution is -2.30. The second kappa shape index (κ2) is 8.44. The minimum absolute atomic E-state index is 0.119. The number of ether oxygens (including phenoxy) is 1. The smallest absolute Gasteiger partial charge is 0.257 e. The van der Waals surface area contributed by atoms with Crippen molar-refractivity contribution in [1.29, 1.82) is 0 Å². The largest absolute Gasteiger partial charge is 0.484 e. The number of carbonyl (C=O) groups is 1. The number of nitrogens with one attached hydrogen (secondary N) is 1. The number of nitrogens with zero attached hydrogens (tertiary/aromatic N) is 2. The first-order chi connectivity index (χ1) is 12.6. The topological polar surface area (TPSA) is 77.2 Å². The summed E-state index contributed by atoms with van der Waals surface area (Å²) in [6.07, 6.45) is 0.328. The van der Waals surface area contributed by atoms with Crippen LogP contribution in [0.25, 0.3) is 11.4 Å². The second-order valence-corrected chi connectivity index (χ2v) is 5.77. The molecule has 3 aromatic rings. The van der Waals surface area contributed by atoms with Crippen molar-refractivity contribution in [2.24, 2.45) is 0 Å². The van der Waals surface area contributed by atoms with Crippen molar-refractivity contribution in [2.75, 3.05) is 13.2 Å². The van der Waals surface area contributed by atoms with Gasteiger partial charge in [-0.3, -0.25) is 4.79 Å². The first-order valence-electron chi connectivity index (χ1n) is 7.84. The van der Waals surface area contributed by atoms with Gasteiger partial charge in [0.2, 0.25) is 11.7 Å². The molecular weight excluding hydrogens is 361 g/mol. The molecule has 2 aromatic carbocycles. The normalized spacial score (nSPS) is 10.5. The minimum Gasteiger partial charge on any atom is -0.484 e. The predicted octanol–water partition coefficient (Wildman–Crippen LogP) is 3.27. The van der Waals surface area contributed by atoms with Crippen molar-refractivity contribution in [3.63, 3.8) is 0 Å². The number of hydrogen-bond donors (Lipinski definition) is 1. The van der Waals surface area contributed by atoms with Gasteiger partial charge in [-0.2, -0.15) is 4.98 Å². The van der Waals surface area contributed by atoms with Crippen LogP contribution < -0.4 is 10.1 Å². The maximum absolute atomic E-state index is 13.7. The second-order valence-electron chi connectivity index (χ2n) is 5.33. The number of rotatable bonds is 7. The fraction of sp³-hybridized carbons (Fsp3) is 0.167. The quantitative estimate of drug-likeness (QED) is 0.685. The third kappa shape index (κ3) is 4.80. The molecule has 134 valence electrons. The Balaban J connectivity index is 1.44. The van der Waals surface area contributed by atoms with E-state index >= 15 is 0 Å². The summed E-state index contributed by atoms with van der Waals surface area (Å²) in [5, 5.41) is 7.03. The summed E-state index contributed by atoms with van der Waals surface area (Å²) in [5.41, 5.74) is 0.267. The Hall–Kier alpha value is -2.93. The van der Waals surface area contributed by atoms with Gasteiger partial charge in [0.25, 0.3) is 5.91 Å². The highest BCUT2D eigenvalue weighted by atomic mass is 35.5. The monoisotopic (exact) mass is 375 g/mol. The first-order valence-corrected chi connectivity index (χ1v) is 8.22. The van der Waals surface area contributed by atoms with Crippen LogP contribution in [0.5, 0.6) is 5.75 Å². The van der Waals surface area contributed by atoms with E-state index in [1.807, 2.05) is 0 Å². The Morgan fingerprint density at radius 1 is 1.19 bits per heavy atom. The summed E-state index contributed by atoms with van der Waals surface area (Å²) in [4.78, 5) is 15.9. The highest BCUT2D eigenvalue weighted by molar-refractivity contribution is 6.30. The summed E-state index contributed by atoms with van der Waals surface area (Å²) >= 11 is 5.78. The van der Waals surface area contributed by atoms with E-state index in [-0.39, 0.29) is 23.9 Å². The lowest BCUT2D eigenvalue weighted by atomic mass is 10.2. The van der Waals surface area contributed by atoms with Gasteiger partial charge in [-0.25, -0.2) is 4.39 Å². The van der Waals surface area contributed by atoms with Gasteiger partial charge < -0.3 is 14.6 Å². The van der Waals surface area contributed by atoms with Gasteiger partial charge in [0.15, 0.2) is 6.61 Å². The molecule has 0 radical (unpaired) electrons. The van der Waals surface area contributed by atoms with Crippen molar-refractivity contribution >= 4 is 17.5 Å². The van der Waals surface area contributed by atoms with Crippen molar-refractivity contribution in [3.8, 4) is 17.1 Å². The first kappa shape index (κ1) is 17.9. The molecule has 1 aromatic heterocycles. The number of benzene rings is 2. The molecule has 0 bridgehead atoms. The van der Waals surface area contributed by atoms with Gasteiger partial charge in [0, 0.05) is 18.0 Å². The Kier molecular flexibility index (Phi) is 5.80. The van der Waals surface area contributed by atoms with Crippen molar-refractivity contribution in [1.82, 2.24) is 15.5 Å². The van der Waals surface area contributed by atoms with Gasteiger partial charge in [0.1, 0.15) is 11.6 Å². The molecule has 26 heavy (non-hydrogen) atoms. The molecular formula is C18H15ClFN3O3. The predicted molar refractivity (Wildman–Crippen MR) is 93.4 cm³/mol. The molecule has 0 fully saturated rings. The van der Waals surface area contributed by atoms with Crippen LogP contribution in [0.15, 0.2) is 53.1 Å². The highest BCUT2D eigenvalue weighted by Gasteiger charge is 2.12. The molecule has 0 aliphatic heterocycles. The Bertz CT molecular complexity index is 883. The van der Waals surface area contributed by atoms with Crippen molar-refractivity contribution in [3.05, 3.63) is 65.3 Å². The summed E-state index contributed by atoms with van der Waals surface area (Å²) in [5.74, 6) is 0.329. The molecule has 0 saturated carbocycles. The van der Waals surface area contributed by atoms with E-state index in [1.54, 1.807) is 42.5 Å². The number of carbonyl (C=O) groups excluding carboxylic acids is 1. The van der Waals surface area contributed by atoms with Gasteiger partial charge in [-0.15, -0.1) is 0 Å². The Morgan fingerprint density at radius 3 is 2.73 bits per heavy atom. The highest BCUT2D eigenvalue weighted by Crippen LogP contribution is 2.19. The Morgan fingerprint density at radius 2 is 1.96 bits per heavy atom. The third-order valence-electron chi connectivity index (χ3n) is 3.43. The standard InChI is InChI=1S/C18H15ClFN3O3/c19-12-5-7-13(8-6-12)25-11-16(24)21-10-9-17-22-18(23-26-17)14-3-1-2-4-15(14)20/h1-8H,9-11H2,(H,21,24). The van der Waals surface area contributed by atoms with Crippen LogP contribution in [-0.2, 0) is 11.2 Å². The van der Waals surface area contributed by atoms with Crippen LogP contribution in [-0.4, -0.2) is 29.2 Å². The van der Waals surface area contributed by atoms with E-state index in [1.165, 1.54) is 6.07 Å². The number of halogens is 2. The molecule has 6 nitrogen and oxygen atoms in total. The summed E-state index contributed by atoms with van der Waals surface area (Å²) in [7, 11) is 0. The van der Waals surface area contributed by atoms with E-state index in [0.717, 1.165) is 0 Å². The van der Waals surface area contributed by atoms with Gasteiger partial charge in [-0.05, 0) is 36.4 Å². The van der Waals surface area contributed by atoms with Gasteiger partial charge in [-0.1, -0.05) is 28.9 Å². The van der Waals surface area contributed by atoms with Gasteiger partial charge >= 0.3 is 0 Å². The maximum Gasteiger partial charge on any atom is 0.257 e. The molecule has 0 spiro atoms. The van der Waals surface area contributed by atoms with Crippen LogP contribution in [0.4, 0.5) is 4.39 Å². The zero-order valence-electron chi connectivity index (χ0n) is 13.6. The average Bonchev–Trinajstić information content (AvgIpc) is 3.10. The average molecular weight is 376 g/mol. The molecule has 0 saturated heterocycles. The van der Waals surface area contributed by atoms with Crippen molar-refractivity contribution in [2.45, 2.75) is 6.42 Å². The fourth-order valence-electron chi connectivity index (χ4n) is 2.15. The van der Waals surface area contributed by atoms with Crippen molar-refractivity contribution < 1.29 is 18.4 Å². The molecule has 0 unspecified atom stereocenters. The molecule has 1 N–H and O–H groups in total. The number of amides is 1. The zero-order chi connectivity index (χ0) is 18.4. The lowest BCUT2D eigenvalue weighted by Gasteiger charge is -2.06. The van der Waals surface area contributed by atoms with E-state index in [9.17, 15) is 9.18 Å². The number of aromatic nitrogens is 2. The van der Waals surface area contributed by atoms with E-state index in [4.69, 9.17) is 20.9 Å². The summed E-state index contributed by atoms with van der Waals surface area (Å²) < 4.78 is 24.1. The number of hydrogen-bond acceptors (Lipinski definition) is 5. The van der Waals surface area contributed by atoms with Crippen LogP contribution in [0.3, 0.4) is 0 Å². The fourth-order valence-corrected chi connectivity index (χ4v) is 2.27. The molecule has 1 amide bonds. The zero-order valence-corrected chi connectivity index (χ0v) is 14.4. The summed E-state index contributed by atoms with van der Waals surface area (Å²) in [6, 6.07) is 12.9. The molecule has 0 atom stereocenters. The van der Waals surface area contributed by atoms with Gasteiger partial charge in [0.05, 0.1) is 5.56 Å². The third-order valence-corrected chi connectivity index (χ3v) is 3.68.